The fourth-order valence-corrected chi connectivity index (χ4v) is 5.16. The molecular weight excluding hydrogens is 631 g/mol. The topological polar surface area (TPSA) is 140 Å². The standard InChI is InChI=1S/C38H67O9P/c1-4-5-28-35(39)29-24-20-16-12-8-6-7-9-13-17-21-25-30-37(40)45-32-36(33-46-48(42,43)44)47-38(41)31-26-22-18-14-10-11-15-19-23-27-34(2)3/h6-7,12-13,16-17,24,29,34-36,39H,4-5,8-11,14-15,18-23,25-28,30-33H2,1-3H3,(H2,42,43,44)/b7-6-,16-12-,17-13-,29-24-/t35-,36+/m0/s1. The molecule has 0 radical (unpaired) electrons. The molecule has 2 atom stereocenters. The molecule has 3 N–H and O–H groups in total. The van der Waals surface area contributed by atoms with Gasteiger partial charge in [-0.1, -0.05) is 140 Å². The lowest BCUT2D eigenvalue weighted by Crippen LogP contribution is -2.29. The molecule has 0 aromatic carbocycles. The van der Waals surface area contributed by atoms with Gasteiger partial charge in [0.15, 0.2) is 6.10 Å². The van der Waals surface area contributed by atoms with Gasteiger partial charge in [0.05, 0.1) is 12.7 Å². The summed E-state index contributed by atoms with van der Waals surface area (Å²) in [7, 11) is -4.77. The first-order valence-electron chi connectivity index (χ1n) is 18.4. The molecule has 0 amide bonds. The molecule has 0 rings (SSSR count). The van der Waals surface area contributed by atoms with Gasteiger partial charge in [0.1, 0.15) is 6.61 Å². The zero-order chi connectivity index (χ0) is 35.7. The van der Waals surface area contributed by atoms with Gasteiger partial charge in [0.25, 0.3) is 0 Å². The summed E-state index contributed by atoms with van der Waals surface area (Å²) in [6.07, 6.45) is 33.3. The van der Waals surface area contributed by atoms with Gasteiger partial charge in [-0.3, -0.25) is 14.1 Å². The van der Waals surface area contributed by atoms with E-state index in [2.05, 4.69) is 49.6 Å². The third-order valence-corrected chi connectivity index (χ3v) is 8.08. The fraction of sp³-hybridized carbons (Fsp3) is 0.737. The van der Waals surface area contributed by atoms with Gasteiger partial charge in [-0.2, -0.15) is 0 Å². The van der Waals surface area contributed by atoms with E-state index in [1.165, 1.54) is 38.5 Å². The normalized spacial score (nSPS) is 13.8. The van der Waals surface area contributed by atoms with Crippen molar-refractivity contribution in [2.24, 2.45) is 5.92 Å². The Morgan fingerprint density at radius 3 is 1.79 bits per heavy atom. The van der Waals surface area contributed by atoms with Crippen LogP contribution in [0.5, 0.6) is 0 Å². The van der Waals surface area contributed by atoms with Crippen LogP contribution in [-0.2, 0) is 28.2 Å². The maximum atomic E-state index is 12.3. The van der Waals surface area contributed by atoms with Crippen LogP contribution in [0.2, 0.25) is 0 Å². The minimum atomic E-state index is -4.77. The van der Waals surface area contributed by atoms with Gasteiger partial charge in [-0.15, -0.1) is 0 Å². The molecule has 48 heavy (non-hydrogen) atoms. The second-order valence-corrected chi connectivity index (χ2v) is 14.1. The number of carbonyl (C=O) groups is 2. The van der Waals surface area contributed by atoms with Crippen molar-refractivity contribution in [1.82, 2.24) is 0 Å². The van der Waals surface area contributed by atoms with E-state index in [1.807, 2.05) is 24.3 Å². The number of carbonyl (C=O) groups excluding carboxylic acids is 2. The second-order valence-electron chi connectivity index (χ2n) is 12.8. The SMILES string of the molecule is CCCC[C@H](O)/C=C\C/C=C\C/C=C\C/C=C\CCCC(=O)OC[C@H](COP(=O)(O)O)OC(=O)CCCCCCCCCCCC(C)C. The number of ether oxygens (including phenoxy) is 2. The van der Waals surface area contributed by atoms with E-state index < -0.39 is 32.5 Å². The van der Waals surface area contributed by atoms with Gasteiger partial charge >= 0.3 is 19.8 Å². The highest BCUT2D eigenvalue weighted by molar-refractivity contribution is 7.46. The minimum Gasteiger partial charge on any atom is -0.462 e. The quantitative estimate of drug-likeness (QED) is 0.0271. The van der Waals surface area contributed by atoms with Gasteiger partial charge in [-0.05, 0) is 50.9 Å². The lowest BCUT2D eigenvalue weighted by atomic mass is 10.0. The minimum absolute atomic E-state index is 0.174. The predicted molar refractivity (Wildman–Crippen MR) is 194 cm³/mol. The Balaban J connectivity index is 4.12. The Morgan fingerprint density at radius 1 is 0.667 bits per heavy atom. The zero-order valence-electron chi connectivity index (χ0n) is 30.1. The van der Waals surface area contributed by atoms with E-state index in [-0.39, 0.29) is 25.6 Å². The van der Waals surface area contributed by atoms with Crippen LogP contribution in [-0.4, -0.2) is 52.3 Å². The Labute approximate surface area is 291 Å². The maximum Gasteiger partial charge on any atom is 0.469 e. The first kappa shape index (κ1) is 46.0. The average molecular weight is 699 g/mol. The summed E-state index contributed by atoms with van der Waals surface area (Å²) in [5.41, 5.74) is 0. The van der Waals surface area contributed by atoms with Crippen molar-refractivity contribution in [2.45, 2.75) is 161 Å². The van der Waals surface area contributed by atoms with E-state index in [1.54, 1.807) is 0 Å². The highest BCUT2D eigenvalue weighted by Gasteiger charge is 2.22. The van der Waals surface area contributed by atoms with Crippen molar-refractivity contribution in [2.75, 3.05) is 13.2 Å². The van der Waals surface area contributed by atoms with Crippen LogP contribution in [0.3, 0.4) is 0 Å². The highest BCUT2D eigenvalue weighted by atomic mass is 31.2. The maximum absolute atomic E-state index is 12.3. The smallest absolute Gasteiger partial charge is 0.462 e. The Bertz CT molecular complexity index is 952. The van der Waals surface area contributed by atoms with Crippen LogP contribution in [0, 0.1) is 5.92 Å². The van der Waals surface area contributed by atoms with Crippen LogP contribution >= 0.6 is 7.82 Å². The summed E-state index contributed by atoms with van der Waals surface area (Å²) < 4.78 is 26.2. The summed E-state index contributed by atoms with van der Waals surface area (Å²) in [6, 6.07) is 0. The molecule has 0 heterocycles. The monoisotopic (exact) mass is 698 g/mol. The molecule has 0 aliphatic carbocycles. The number of allylic oxidation sites excluding steroid dienone is 7. The molecular formula is C38H67O9P. The zero-order valence-corrected chi connectivity index (χ0v) is 31.0. The van der Waals surface area contributed by atoms with Gasteiger partial charge in [0, 0.05) is 12.8 Å². The van der Waals surface area contributed by atoms with E-state index in [9.17, 15) is 19.3 Å². The molecule has 10 heteroatoms. The molecule has 0 aliphatic rings. The molecule has 278 valence electrons. The number of phosphoric acid groups is 1. The first-order valence-corrected chi connectivity index (χ1v) is 19.9. The van der Waals surface area contributed by atoms with Crippen molar-refractivity contribution >= 4 is 19.8 Å². The van der Waals surface area contributed by atoms with Crippen LogP contribution in [0.15, 0.2) is 48.6 Å². The summed E-state index contributed by atoms with van der Waals surface area (Å²) in [4.78, 5) is 42.6. The largest absolute Gasteiger partial charge is 0.469 e. The van der Waals surface area contributed by atoms with Crippen molar-refractivity contribution < 1.29 is 43.0 Å². The number of esters is 2. The fourth-order valence-electron chi connectivity index (χ4n) is 4.80. The Hall–Kier alpha value is -2.03. The number of aliphatic hydroxyl groups is 1. The summed E-state index contributed by atoms with van der Waals surface area (Å²) in [6.45, 7) is 5.75. The average Bonchev–Trinajstić information content (AvgIpc) is 3.03. The van der Waals surface area contributed by atoms with Gasteiger partial charge in [-0.25, -0.2) is 4.57 Å². The Morgan fingerprint density at radius 2 is 1.21 bits per heavy atom. The number of hydrogen-bond donors (Lipinski definition) is 3. The second kappa shape index (κ2) is 32.2. The number of aliphatic hydroxyl groups excluding tert-OH is 1. The molecule has 0 aromatic heterocycles. The highest BCUT2D eigenvalue weighted by Crippen LogP contribution is 2.36. The molecule has 0 fully saturated rings. The molecule has 0 bridgehead atoms. The molecule has 9 nitrogen and oxygen atoms in total. The van der Waals surface area contributed by atoms with E-state index in [0.717, 1.165) is 63.7 Å². The van der Waals surface area contributed by atoms with E-state index in [4.69, 9.17) is 19.3 Å². The van der Waals surface area contributed by atoms with Crippen molar-refractivity contribution in [3.63, 3.8) is 0 Å². The van der Waals surface area contributed by atoms with Gasteiger partial charge < -0.3 is 24.4 Å². The van der Waals surface area contributed by atoms with Crippen molar-refractivity contribution in [3.05, 3.63) is 48.6 Å². The molecule has 0 unspecified atom stereocenters. The first-order chi connectivity index (χ1) is 23.0. The molecule has 0 saturated heterocycles. The molecule has 0 spiro atoms. The number of unbranched alkanes of at least 4 members (excludes halogenated alkanes) is 10. The molecule has 0 aromatic rings. The van der Waals surface area contributed by atoms with Crippen molar-refractivity contribution in [1.29, 1.82) is 0 Å². The predicted octanol–water partition coefficient (Wildman–Crippen LogP) is 9.61. The van der Waals surface area contributed by atoms with Crippen LogP contribution in [0.1, 0.15) is 149 Å². The summed E-state index contributed by atoms with van der Waals surface area (Å²) in [5, 5.41) is 9.77. The van der Waals surface area contributed by atoms with E-state index in [0.29, 0.717) is 19.3 Å². The number of hydrogen-bond acceptors (Lipinski definition) is 7. The molecule has 0 saturated carbocycles. The summed E-state index contributed by atoms with van der Waals surface area (Å²) in [5.74, 6) is -0.201. The number of phosphoric ester groups is 1. The third-order valence-electron chi connectivity index (χ3n) is 7.60. The lowest BCUT2D eigenvalue weighted by molar-refractivity contribution is -0.161. The van der Waals surface area contributed by atoms with E-state index >= 15 is 0 Å². The Kier molecular flexibility index (Phi) is 30.8. The van der Waals surface area contributed by atoms with Crippen LogP contribution < -0.4 is 0 Å². The third kappa shape index (κ3) is 35.3. The van der Waals surface area contributed by atoms with Crippen LogP contribution in [0.4, 0.5) is 0 Å². The van der Waals surface area contributed by atoms with Crippen molar-refractivity contribution in [3.8, 4) is 0 Å². The van der Waals surface area contributed by atoms with Gasteiger partial charge in [0.2, 0.25) is 0 Å². The molecule has 0 aliphatic heterocycles. The number of rotatable bonds is 32. The van der Waals surface area contributed by atoms with Crippen LogP contribution in [0.25, 0.3) is 0 Å². The summed E-state index contributed by atoms with van der Waals surface area (Å²) >= 11 is 0. The lowest BCUT2D eigenvalue weighted by Gasteiger charge is -2.18.